The van der Waals surface area contributed by atoms with Gasteiger partial charge >= 0.3 is 0 Å². The summed E-state index contributed by atoms with van der Waals surface area (Å²) in [5, 5.41) is 3.41. The van der Waals surface area contributed by atoms with Gasteiger partial charge in [-0.1, -0.05) is 35.9 Å². The molecule has 26 heavy (non-hydrogen) atoms. The molecule has 4 nitrogen and oxygen atoms in total. The summed E-state index contributed by atoms with van der Waals surface area (Å²) in [6, 6.07) is 13.5. The lowest BCUT2D eigenvalue weighted by atomic mass is 10.1. The molecule has 1 heterocycles. The van der Waals surface area contributed by atoms with Gasteiger partial charge in [0.05, 0.1) is 11.6 Å². The number of nitrogens with one attached hydrogen (secondary N) is 1. The summed E-state index contributed by atoms with van der Waals surface area (Å²) in [6.07, 6.45) is 2.58. The summed E-state index contributed by atoms with van der Waals surface area (Å²) in [5.41, 5.74) is 2.93. The Balaban J connectivity index is 1.58. The lowest BCUT2D eigenvalue weighted by molar-refractivity contribution is 0.0951. The molecule has 138 valence electrons. The summed E-state index contributed by atoms with van der Waals surface area (Å²) in [6.45, 7) is 6.28. The molecule has 0 bridgehead atoms. The van der Waals surface area contributed by atoms with E-state index in [1.165, 1.54) is 31.5 Å². The van der Waals surface area contributed by atoms with Crippen molar-refractivity contribution in [2.75, 3.05) is 19.7 Å². The maximum Gasteiger partial charge on any atom is 0.251 e. The van der Waals surface area contributed by atoms with E-state index >= 15 is 0 Å². The predicted octanol–water partition coefficient (Wildman–Crippen LogP) is 4.26. The van der Waals surface area contributed by atoms with Crippen molar-refractivity contribution in [3.05, 3.63) is 64.2 Å². The first-order valence-corrected chi connectivity index (χ1v) is 9.54. The fourth-order valence-corrected chi connectivity index (χ4v) is 3.47. The van der Waals surface area contributed by atoms with E-state index in [0.29, 0.717) is 29.5 Å². The van der Waals surface area contributed by atoms with E-state index in [0.717, 1.165) is 12.1 Å². The highest BCUT2D eigenvalue weighted by atomic mass is 35.5. The minimum absolute atomic E-state index is 0.139. The molecular formula is C21H25ClN2O2. The Morgan fingerprint density at radius 1 is 1.15 bits per heavy atom. The average Bonchev–Trinajstić information content (AvgIpc) is 3.15. The van der Waals surface area contributed by atoms with E-state index < -0.39 is 0 Å². The third-order valence-electron chi connectivity index (χ3n) is 4.54. The van der Waals surface area contributed by atoms with Crippen molar-refractivity contribution < 1.29 is 9.53 Å². The Hall–Kier alpha value is -2.04. The summed E-state index contributed by atoms with van der Waals surface area (Å²) >= 11 is 6.16. The first-order valence-electron chi connectivity index (χ1n) is 9.16. The number of amides is 1. The number of nitrogens with zero attached hydrogens (tertiary/aromatic N) is 1. The van der Waals surface area contributed by atoms with Crippen LogP contribution in [-0.2, 0) is 13.1 Å². The molecule has 1 amide bonds. The van der Waals surface area contributed by atoms with Gasteiger partial charge in [-0.25, -0.2) is 0 Å². The Morgan fingerprint density at radius 2 is 1.92 bits per heavy atom. The Bertz CT molecular complexity index is 757. The molecule has 5 heteroatoms. The minimum atomic E-state index is -0.139. The van der Waals surface area contributed by atoms with Gasteiger partial charge in [0.15, 0.2) is 0 Å². The molecule has 1 N–H and O–H groups in total. The quantitative estimate of drug-likeness (QED) is 0.789. The second kappa shape index (κ2) is 9.06. The molecule has 0 aliphatic carbocycles. The molecule has 0 aromatic heterocycles. The SMILES string of the molecule is CCOc1ccc(C(=O)NCc2cccc(CN3CCCC3)c2)cc1Cl. The van der Waals surface area contributed by atoms with Gasteiger partial charge in [0, 0.05) is 18.7 Å². The van der Waals surface area contributed by atoms with Gasteiger partial charge in [-0.3, -0.25) is 9.69 Å². The standard InChI is InChI=1S/C21H25ClN2O2/c1-2-26-20-9-8-18(13-19(20)22)21(25)23-14-16-6-5-7-17(12-16)15-24-10-3-4-11-24/h5-9,12-13H,2-4,10-11,14-15H2,1H3,(H,23,25). The molecule has 0 spiro atoms. The number of likely N-dealkylation sites (tertiary alicyclic amines) is 1. The predicted molar refractivity (Wildman–Crippen MR) is 105 cm³/mol. The van der Waals surface area contributed by atoms with Gasteiger partial charge in [0.1, 0.15) is 5.75 Å². The first-order chi connectivity index (χ1) is 12.7. The van der Waals surface area contributed by atoms with Crippen LogP contribution in [0.4, 0.5) is 0 Å². The average molecular weight is 373 g/mol. The number of carbonyl (C=O) groups is 1. The molecule has 0 saturated carbocycles. The van der Waals surface area contributed by atoms with Gasteiger partial charge in [0.2, 0.25) is 0 Å². The summed E-state index contributed by atoms with van der Waals surface area (Å²) in [5.74, 6) is 0.459. The monoisotopic (exact) mass is 372 g/mol. The summed E-state index contributed by atoms with van der Waals surface area (Å²) < 4.78 is 5.40. The van der Waals surface area contributed by atoms with Crippen LogP contribution in [0.1, 0.15) is 41.3 Å². The van der Waals surface area contributed by atoms with Crippen LogP contribution in [0, 0.1) is 0 Å². The Morgan fingerprint density at radius 3 is 2.65 bits per heavy atom. The second-order valence-corrected chi connectivity index (χ2v) is 6.97. The summed E-state index contributed by atoms with van der Waals surface area (Å²) in [4.78, 5) is 14.9. The summed E-state index contributed by atoms with van der Waals surface area (Å²) in [7, 11) is 0. The van der Waals surface area contributed by atoms with Crippen molar-refractivity contribution in [3.63, 3.8) is 0 Å². The van der Waals surface area contributed by atoms with Crippen molar-refractivity contribution >= 4 is 17.5 Å². The van der Waals surface area contributed by atoms with Gasteiger partial charge in [0.25, 0.3) is 5.91 Å². The molecule has 0 unspecified atom stereocenters. The number of benzene rings is 2. The van der Waals surface area contributed by atoms with Gasteiger partial charge in [-0.05, 0) is 62.2 Å². The van der Waals surface area contributed by atoms with E-state index in [4.69, 9.17) is 16.3 Å². The van der Waals surface area contributed by atoms with Crippen LogP contribution in [0.15, 0.2) is 42.5 Å². The highest BCUT2D eigenvalue weighted by Gasteiger charge is 2.12. The van der Waals surface area contributed by atoms with E-state index in [1.807, 2.05) is 13.0 Å². The van der Waals surface area contributed by atoms with Crippen LogP contribution in [-0.4, -0.2) is 30.5 Å². The topological polar surface area (TPSA) is 41.6 Å². The zero-order valence-corrected chi connectivity index (χ0v) is 15.9. The van der Waals surface area contributed by atoms with Gasteiger partial charge in [-0.2, -0.15) is 0 Å². The van der Waals surface area contributed by atoms with Crippen molar-refractivity contribution in [3.8, 4) is 5.75 Å². The van der Waals surface area contributed by atoms with Crippen molar-refractivity contribution in [2.24, 2.45) is 0 Å². The van der Waals surface area contributed by atoms with Crippen LogP contribution in [0.2, 0.25) is 5.02 Å². The number of ether oxygens (including phenoxy) is 1. The van der Waals surface area contributed by atoms with E-state index in [1.54, 1.807) is 18.2 Å². The van der Waals surface area contributed by atoms with Crippen LogP contribution in [0.5, 0.6) is 5.75 Å². The van der Waals surface area contributed by atoms with Crippen molar-refractivity contribution in [1.82, 2.24) is 10.2 Å². The zero-order valence-electron chi connectivity index (χ0n) is 15.1. The van der Waals surface area contributed by atoms with E-state index in [-0.39, 0.29) is 5.91 Å². The highest BCUT2D eigenvalue weighted by molar-refractivity contribution is 6.32. The zero-order chi connectivity index (χ0) is 18.4. The second-order valence-electron chi connectivity index (χ2n) is 6.56. The molecule has 1 aliphatic heterocycles. The third kappa shape index (κ3) is 4.99. The number of rotatable bonds is 7. The van der Waals surface area contributed by atoms with Crippen LogP contribution >= 0.6 is 11.6 Å². The molecule has 0 atom stereocenters. The largest absolute Gasteiger partial charge is 0.492 e. The van der Waals surface area contributed by atoms with Crippen LogP contribution in [0.3, 0.4) is 0 Å². The number of halogens is 1. The molecular weight excluding hydrogens is 348 g/mol. The highest BCUT2D eigenvalue weighted by Crippen LogP contribution is 2.25. The molecule has 2 aromatic carbocycles. The Kier molecular flexibility index (Phi) is 6.53. The van der Waals surface area contributed by atoms with Crippen LogP contribution in [0.25, 0.3) is 0 Å². The molecule has 1 aliphatic rings. The fourth-order valence-electron chi connectivity index (χ4n) is 3.24. The van der Waals surface area contributed by atoms with Gasteiger partial charge in [-0.15, -0.1) is 0 Å². The molecule has 1 fully saturated rings. The number of carbonyl (C=O) groups excluding carboxylic acids is 1. The smallest absolute Gasteiger partial charge is 0.251 e. The molecule has 2 aromatic rings. The maximum absolute atomic E-state index is 12.4. The normalized spacial score (nSPS) is 14.4. The van der Waals surface area contributed by atoms with Crippen molar-refractivity contribution in [1.29, 1.82) is 0 Å². The van der Waals surface area contributed by atoms with Gasteiger partial charge < -0.3 is 10.1 Å². The first kappa shape index (κ1) is 18.7. The fraction of sp³-hybridized carbons (Fsp3) is 0.381. The van der Waals surface area contributed by atoms with Crippen LogP contribution < -0.4 is 10.1 Å². The lowest BCUT2D eigenvalue weighted by Gasteiger charge is -2.15. The minimum Gasteiger partial charge on any atom is -0.492 e. The van der Waals surface area contributed by atoms with E-state index in [9.17, 15) is 4.79 Å². The molecule has 3 rings (SSSR count). The van der Waals surface area contributed by atoms with E-state index in [2.05, 4.69) is 28.4 Å². The molecule has 1 saturated heterocycles. The third-order valence-corrected chi connectivity index (χ3v) is 4.84. The number of hydrogen-bond acceptors (Lipinski definition) is 3. The maximum atomic E-state index is 12.4. The number of hydrogen-bond donors (Lipinski definition) is 1. The Labute approximate surface area is 160 Å². The van der Waals surface area contributed by atoms with Crippen molar-refractivity contribution in [2.45, 2.75) is 32.9 Å². The lowest BCUT2D eigenvalue weighted by Crippen LogP contribution is -2.23. The molecule has 0 radical (unpaired) electrons.